The van der Waals surface area contributed by atoms with Crippen LogP contribution < -0.4 is 10.1 Å². The normalized spacial score (nSPS) is 10.6. The van der Waals surface area contributed by atoms with Gasteiger partial charge in [0.2, 0.25) is 0 Å². The molecule has 0 aliphatic rings. The van der Waals surface area contributed by atoms with Crippen molar-refractivity contribution >= 4 is 29.9 Å². The van der Waals surface area contributed by atoms with Crippen molar-refractivity contribution in [1.82, 2.24) is 10.2 Å². The molecule has 4 nitrogen and oxygen atoms in total. The molecule has 1 N–H and O–H groups in total. The molecule has 5 heteroatoms. The molecule has 0 aromatic heterocycles. The summed E-state index contributed by atoms with van der Waals surface area (Å²) < 4.78 is 5.35. The van der Waals surface area contributed by atoms with Crippen LogP contribution in [0.1, 0.15) is 18.9 Å². The van der Waals surface area contributed by atoms with Crippen molar-refractivity contribution in [3.8, 4) is 5.75 Å². The molecule has 0 unspecified atom stereocenters. The van der Waals surface area contributed by atoms with E-state index in [-0.39, 0.29) is 24.0 Å². The number of rotatable bonds is 5. The number of nitrogens with zero attached hydrogens (tertiary/aromatic N) is 2. The molecule has 0 aliphatic carbocycles. The molecule has 108 valence electrons. The standard InChI is InChI=1S/C14H23N3O.HI/c1-5-10-16-14(15-2)17(3)11-12-8-6-7-9-13(12)18-4;/h6-9H,5,10-11H2,1-4H3,(H,15,16);1H. The Balaban J connectivity index is 0.00000324. The van der Waals surface area contributed by atoms with Crippen molar-refractivity contribution in [2.75, 3.05) is 27.7 Å². The molecule has 0 fully saturated rings. The van der Waals surface area contributed by atoms with Gasteiger partial charge in [0, 0.05) is 32.7 Å². The van der Waals surface area contributed by atoms with Crippen LogP contribution in [0.15, 0.2) is 29.3 Å². The summed E-state index contributed by atoms with van der Waals surface area (Å²) in [5, 5.41) is 3.31. The third-order valence-electron chi connectivity index (χ3n) is 2.71. The van der Waals surface area contributed by atoms with E-state index in [0.717, 1.165) is 36.8 Å². The van der Waals surface area contributed by atoms with E-state index in [1.54, 1.807) is 14.2 Å². The number of nitrogens with one attached hydrogen (secondary N) is 1. The maximum atomic E-state index is 5.35. The molecule has 19 heavy (non-hydrogen) atoms. The maximum absolute atomic E-state index is 5.35. The van der Waals surface area contributed by atoms with Gasteiger partial charge in [-0.05, 0) is 12.5 Å². The molecule has 0 amide bonds. The summed E-state index contributed by atoms with van der Waals surface area (Å²) in [5.74, 6) is 1.82. The Morgan fingerprint density at radius 3 is 2.63 bits per heavy atom. The minimum absolute atomic E-state index is 0. The van der Waals surface area contributed by atoms with Crippen molar-refractivity contribution in [3.05, 3.63) is 29.8 Å². The first-order valence-corrected chi connectivity index (χ1v) is 6.26. The lowest BCUT2D eigenvalue weighted by Gasteiger charge is -2.22. The average molecular weight is 377 g/mol. The van der Waals surface area contributed by atoms with Gasteiger partial charge in [-0.15, -0.1) is 24.0 Å². The van der Waals surface area contributed by atoms with Crippen LogP contribution in [0.25, 0.3) is 0 Å². The summed E-state index contributed by atoms with van der Waals surface area (Å²) in [5.41, 5.74) is 1.15. The second-order valence-corrected chi connectivity index (χ2v) is 4.14. The van der Waals surface area contributed by atoms with Gasteiger partial charge in [-0.25, -0.2) is 0 Å². The highest BCUT2D eigenvalue weighted by atomic mass is 127. The lowest BCUT2D eigenvalue weighted by Crippen LogP contribution is -2.38. The maximum Gasteiger partial charge on any atom is 0.193 e. The Labute approximate surface area is 133 Å². The highest BCUT2D eigenvalue weighted by Gasteiger charge is 2.08. The number of methoxy groups -OCH3 is 1. The SMILES string of the molecule is CCCNC(=NC)N(C)Cc1ccccc1OC.I. The Morgan fingerprint density at radius 1 is 1.37 bits per heavy atom. The fourth-order valence-corrected chi connectivity index (χ4v) is 1.79. The lowest BCUT2D eigenvalue weighted by molar-refractivity contribution is 0.396. The van der Waals surface area contributed by atoms with Crippen LogP contribution in [-0.2, 0) is 6.54 Å². The molecule has 0 aliphatic heterocycles. The van der Waals surface area contributed by atoms with E-state index in [2.05, 4.69) is 28.2 Å². The fraction of sp³-hybridized carbons (Fsp3) is 0.500. The van der Waals surface area contributed by atoms with Crippen molar-refractivity contribution in [3.63, 3.8) is 0 Å². The number of ether oxygens (including phenoxy) is 1. The number of hydrogen-bond acceptors (Lipinski definition) is 2. The number of para-hydroxylation sites is 1. The minimum atomic E-state index is 0. The van der Waals surface area contributed by atoms with Gasteiger partial charge in [0.15, 0.2) is 5.96 Å². The van der Waals surface area contributed by atoms with Crippen LogP contribution >= 0.6 is 24.0 Å². The van der Waals surface area contributed by atoms with E-state index < -0.39 is 0 Å². The number of hydrogen-bond donors (Lipinski definition) is 1. The van der Waals surface area contributed by atoms with Crippen LogP contribution in [0.5, 0.6) is 5.75 Å². The first-order valence-electron chi connectivity index (χ1n) is 6.26. The molecule has 0 atom stereocenters. The van der Waals surface area contributed by atoms with Gasteiger partial charge in [0.05, 0.1) is 7.11 Å². The average Bonchev–Trinajstić information content (AvgIpc) is 2.40. The van der Waals surface area contributed by atoms with E-state index in [9.17, 15) is 0 Å². The quantitative estimate of drug-likeness (QED) is 0.487. The van der Waals surface area contributed by atoms with Crippen LogP contribution in [0.4, 0.5) is 0 Å². The zero-order chi connectivity index (χ0) is 13.4. The smallest absolute Gasteiger partial charge is 0.193 e. The van der Waals surface area contributed by atoms with Crippen molar-refractivity contribution in [2.45, 2.75) is 19.9 Å². The molecule has 0 saturated carbocycles. The Bertz CT molecular complexity index is 396. The van der Waals surface area contributed by atoms with E-state index in [1.807, 2.05) is 25.2 Å². The Kier molecular flexibility index (Phi) is 9.38. The summed E-state index contributed by atoms with van der Waals surface area (Å²) in [6.07, 6.45) is 1.08. The van der Waals surface area contributed by atoms with Gasteiger partial charge in [0.25, 0.3) is 0 Å². The Morgan fingerprint density at radius 2 is 2.05 bits per heavy atom. The first kappa shape index (κ1) is 18.0. The zero-order valence-corrected chi connectivity index (χ0v) is 14.5. The topological polar surface area (TPSA) is 36.9 Å². The van der Waals surface area contributed by atoms with Crippen molar-refractivity contribution in [1.29, 1.82) is 0 Å². The van der Waals surface area contributed by atoms with Gasteiger partial charge >= 0.3 is 0 Å². The number of halogens is 1. The molecule has 1 rings (SSSR count). The number of benzene rings is 1. The highest BCUT2D eigenvalue weighted by Crippen LogP contribution is 2.18. The third kappa shape index (κ3) is 5.67. The summed E-state index contributed by atoms with van der Waals surface area (Å²) >= 11 is 0. The molecular formula is C14H24IN3O. The van der Waals surface area contributed by atoms with Crippen LogP contribution in [-0.4, -0.2) is 38.6 Å². The monoisotopic (exact) mass is 377 g/mol. The van der Waals surface area contributed by atoms with E-state index in [0.29, 0.717) is 0 Å². The highest BCUT2D eigenvalue weighted by molar-refractivity contribution is 14.0. The molecule has 0 spiro atoms. The van der Waals surface area contributed by atoms with E-state index in [4.69, 9.17) is 4.74 Å². The van der Waals surface area contributed by atoms with Gasteiger partial charge in [0.1, 0.15) is 5.75 Å². The molecule has 0 saturated heterocycles. The minimum Gasteiger partial charge on any atom is -0.496 e. The van der Waals surface area contributed by atoms with Gasteiger partial charge in [-0.3, -0.25) is 4.99 Å². The predicted molar refractivity (Wildman–Crippen MR) is 91.5 cm³/mol. The van der Waals surface area contributed by atoms with E-state index in [1.165, 1.54) is 0 Å². The zero-order valence-electron chi connectivity index (χ0n) is 12.1. The third-order valence-corrected chi connectivity index (χ3v) is 2.71. The summed E-state index contributed by atoms with van der Waals surface area (Å²) in [6, 6.07) is 8.05. The van der Waals surface area contributed by atoms with Crippen LogP contribution in [0.3, 0.4) is 0 Å². The molecule has 0 radical (unpaired) electrons. The van der Waals surface area contributed by atoms with Crippen LogP contribution in [0, 0.1) is 0 Å². The fourth-order valence-electron chi connectivity index (χ4n) is 1.79. The van der Waals surface area contributed by atoms with Gasteiger partial charge < -0.3 is 15.0 Å². The van der Waals surface area contributed by atoms with E-state index >= 15 is 0 Å². The summed E-state index contributed by atoms with van der Waals surface area (Å²) in [6.45, 7) is 3.84. The number of aliphatic imine (C=N–C) groups is 1. The Hall–Kier alpha value is -0.980. The van der Waals surface area contributed by atoms with Crippen molar-refractivity contribution < 1.29 is 4.74 Å². The summed E-state index contributed by atoms with van der Waals surface area (Å²) in [4.78, 5) is 6.36. The molecule has 0 heterocycles. The number of guanidine groups is 1. The summed E-state index contributed by atoms with van der Waals surface area (Å²) in [7, 11) is 5.52. The van der Waals surface area contributed by atoms with Gasteiger partial charge in [-0.1, -0.05) is 25.1 Å². The second-order valence-electron chi connectivity index (χ2n) is 4.14. The lowest BCUT2D eigenvalue weighted by atomic mass is 10.2. The predicted octanol–water partition coefficient (Wildman–Crippen LogP) is 2.73. The van der Waals surface area contributed by atoms with Crippen LogP contribution in [0.2, 0.25) is 0 Å². The first-order chi connectivity index (χ1) is 8.72. The van der Waals surface area contributed by atoms with Crippen molar-refractivity contribution in [2.24, 2.45) is 4.99 Å². The largest absolute Gasteiger partial charge is 0.496 e. The van der Waals surface area contributed by atoms with Gasteiger partial charge in [-0.2, -0.15) is 0 Å². The molecule has 1 aromatic carbocycles. The second kappa shape index (κ2) is 9.89. The molecule has 1 aromatic rings. The molecule has 0 bridgehead atoms. The molecular weight excluding hydrogens is 353 g/mol.